The van der Waals surface area contributed by atoms with Crippen LogP contribution in [0.15, 0.2) is 28.8 Å². The van der Waals surface area contributed by atoms with Gasteiger partial charge in [0.05, 0.1) is 5.69 Å². The van der Waals surface area contributed by atoms with Gasteiger partial charge in [-0.2, -0.15) is 0 Å². The Labute approximate surface area is 98.2 Å². The van der Waals surface area contributed by atoms with Gasteiger partial charge in [0.25, 0.3) is 0 Å². The maximum atomic E-state index is 13.4. The van der Waals surface area contributed by atoms with E-state index in [2.05, 4.69) is 5.16 Å². The summed E-state index contributed by atoms with van der Waals surface area (Å²) in [6, 6.07) is 6.38. The second kappa shape index (κ2) is 4.97. The standard InChI is InChI=1S/C12H13FN2O2/c1-8-2-3-11(13)12(4-8)16-7-10-5-9(6-14)15-17-10/h2-5H,6-7,14H2,1H3. The second-order valence-electron chi connectivity index (χ2n) is 3.71. The minimum Gasteiger partial charge on any atom is -0.482 e. The Hall–Kier alpha value is -1.88. The number of benzene rings is 1. The molecule has 17 heavy (non-hydrogen) atoms. The molecule has 4 nitrogen and oxygen atoms in total. The average Bonchev–Trinajstić information content (AvgIpc) is 2.78. The van der Waals surface area contributed by atoms with Gasteiger partial charge in [0.15, 0.2) is 17.3 Å². The minimum atomic E-state index is -0.394. The number of rotatable bonds is 4. The van der Waals surface area contributed by atoms with Crippen molar-refractivity contribution in [2.45, 2.75) is 20.1 Å². The maximum Gasteiger partial charge on any atom is 0.174 e. The minimum absolute atomic E-state index is 0.132. The van der Waals surface area contributed by atoms with Gasteiger partial charge in [0, 0.05) is 12.6 Å². The number of nitrogens with two attached hydrogens (primary N) is 1. The van der Waals surface area contributed by atoms with Gasteiger partial charge in [-0.3, -0.25) is 0 Å². The van der Waals surface area contributed by atoms with Crippen LogP contribution in [0.2, 0.25) is 0 Å². The van der Waals surface area contributed by atoms with Crippen molar-refractivity contribution in [2.24, 2.45) is 5.73 Å². The lowest BCUT2D eigenvalue weighted by molar-refractivity contribution is 0.239. The van der Waals surface area contributed by atoms with Crippen molar-refractivity contribution >= 4 is 0 Å². The van der Waals surface area contributed by atoms with Gasteiger partial charge in [0.2, 0.25) is 0 Å². The molecule has 0 bridgehead atoms. The van der Waals surface area contributed by atoms with Gasteiger partial charge in [0.1, 0.15) is 6.61 Å². The molecule has 0 aliphatic rings. The summed E-state index contributed by atoms with van der Waals surface area (Å²) in [7, 11) is 0. The molecule has 0 spiro atoms. The van der Waals surface area contributed by atoms with Gasteiger partial charge in [-0.05, 0) is 24.6 Å². The number of nitrogens with zero attached hydrogens (tertiary/aromatic N) is 1. The molecular formula is C12H13FN2O2. The predicted octanol–water partition coefficient (Wildman–Crippen LogP) is 2.16. The highest BCUT2D eigenvalue weighted by atomic mass is 19.1. The fraction of sp³-hybridized carbons (Fsp3) is 0.250. The van der Waals surface area contributed by atoms with Crippen molar-refractivity contribution < 1.29 is 13.7 Å². The van der Waals surface area contributed by atoms with Crippen LogP contribution in [0.5, 0.6) is 5.75 Å². The highest BCUT2D eigenvalue weighted by Gasteiger charge is 2.07. The van der Waals surface area contributed by atoms with E-state index in [0.29, 0.717) is 18.0 Å². The van der Waals surface area contributed by atoms with Crippen molar-refractivity contribution in [2.75, 3.05) is 0 Å². The molecule has 0 unspecified atom stereocenters. The Morgan fingerprint density at radius 1 is 1.41 bits per heavy atom. The van der Waals surface area contributed by atoms with Crippen molar-refractivity contribution in [3.8, 4) is 5.75 Å². The van der Waals surface area contributed by atoms with Gasteiger partial charge >= 0.3 is 0 Å². The predicted molar refractivity (Wildman–Crippen MR) is 59.9 cm³/mol. The summed E-state index contributed by atoms with van der Waals surface area (Å²) in [4.78, 5) is 0. The Balaban J connectivity index is 2.04. The van der Waals surface area contributed by atoms with E-state index in [-0.39, 0.29) is 12.4 Å². The maximum absolute atomic E-state index is 13.4. The zero-order valence-electron chi connectivity index (χ0n) is 9.44. The summed E-state index contributed by atoms with van der Waals surface area (Å²) in [5, 5.41) is 3.71. The van der Waals surface area contributed by atoms with Crippen molar-refractivity contribution in [1.29, 1.82) is 0 Å². The zero-order valence-corrected chi connectivity index (χ0v) is 9.44. The molecule has 0 saturated heterocycles. The molecule has 2 rings (SSSR count). The first-order valence-corrected chi connectivity index (χ1v) is 5.22. The third-order valence-corrected chi connectivity index (χ3v) is 2.27. The number of hydrogen-bond acceptors (Lipinski definition) is 4. The molecule has 2 N–H and O–H groups in total. The molecule has 2 aromatic rings. The highest BCUT2D eigenvalue weighted by molar-refractivity contribution is 5.29. The van der Waals surface area contributed by atoms with Crippen LogP contribution in [0, 0.1) is 12.7 Å². The summed E-state index contributed by atoms with van der Waals surface area (Å²) >= 11 is 0. The number of ether oxygens (including phenoxy) is 1. The number of aromatic nitrogens is 1. The van der Waals surface area contributed by atoms with E-state index in [4.69, 9.17) is 15.0 Å². The Bertz CT molecular complexity index is 511. The van der Waals surface area contributed by atoms with E-state index in [1.807, 2.05) is 6.92 Å². The molecular weight excluding hydrogens is 223 g/mol. The molecule has 0 aliphatic heterocycles. The Kier molecular flexibility index (Phi) is 3.39. The molecule has 0 atom stereocenters. The lowest BCUT2D eigenvalue weighted by Crippen LogP contribution is -1.97. The molecule has 1 aromatic carbocycles. The molecule has 0 saturated carbocycles. The van der Waals surface area contributed by atoms with Crippen LogP contribution in [-0.4, -0.2) is 5.16 Å². The van der Waals surface area contributed by atoms with E-state index < -0.39 is 5.82 Å². The quantitative estimate of drug-likeness (QED) is 0.883. The topological polar surface area (TPSA) is 61.3 Å². The van der Waals surface area contributed by atoms with E-state index >= 15 is 0 Å². The molecule has 0 radical (unpaired) electrons. The van der Waals surface area contributed by atoms with Crippen LogP contribution in [0.3, 0.4) is 0 Å². The van der Waals surface area contributed by atoms with Crippen molar-refractivity contribution in [1.82, 2.24) is 5.16 Å². The van der Waals surface area contributed by atoms with Gasteiger partial charge in [-0.1, -0.05) is 11.2 Å². The molecule has 1 aromatic heterocycles. The van der Waals surface area contributed by atoms with Crippen LogP contribution in [0.4, 0.5) is 4.39 Å². The smallest absolute Gasteiger partial charge is 0.174 e. The SMILES string of the molecule is Cc1ccc(F)c(OCc2cc(CN)no2)c1. The average molecular weight is 236 g/mol. The first-order valence-electron chi connectivity index (χ1n) is 5.22. The van der Waals surface area contributed by atoms with Gasteiger partial charge < -0.3 is 15.0 Å². The second-order valence-corrected chi connectivity index (χ2v) is 3.71. The fourth-order valence-corrected chi connectivity index (χ4v) is 1.39. The summed E-state index contributed by atoms with van der Waals surface area (Å²) in [6.45, 7) is 2.31. The molecule has 1 heterocycles. The largest absolute Gasteiger partial charge is 0.482 e. The third kappa shape index (κ3) is 2.82. The molecule has 5 heteroatoms. The first kappa shape index (κ1) is 11.6. The van der Waals surface area contributed by atoms with Crippen LogP contribution < -0.4 is 10.5 Å². The Morgan fingerprint density at radius 3 is 2.94 bits per heavy atom. The van der Waals surface area contributed by atoms with E-state index in [9.17, 15) is 4.39 Å². The highest BCUT2D eigenvalue weighted by Crippen LogP contribution is 2.19. The lowest BCUT2D eigenvalue weighted by atomic mass is 10.2. The van der Waals surface area contributed by atoms with Crippen LogP contribution >= 0.6 is 0 Å². The normalized spacial score (nSPS) is 10.5. The molecule has 0 aliphatic carbocycles. The van der Waals surface area contributed by atoms with E-state index in [0.717, 1.165) is 5.56 Å². The first-order chi connectivity index (χ1) is 8.19. The molecule has 0 fully saturated rings. The zero-order chi connectivity index (χ0) is 12.3. The van der Waals surface area contributed by atoms with Crippen molar-refractivity contribution in [3.05, 3.63) is 47.1 Å². The van der Waals surface area contributed by atoms with Crippen LogP contribution in [-0.2, 0) is 13.2 Å². The van der Waals surface area contributed by atoms with Crippen molar-refractivity contribution in [3.63, 3.8) is 0 Å². The Morgan fingerprint density at radius 2 is 2.24 bits per heavy atom. The number of hydrogen-bond donors (Lipinski definition) is 1. The number of aryl methyl sites for hydroxylation is 1. The third-order valence-electron chi connectivity index (χ3n) is 2.27. The summed E-state index contributed by atoms with van der Waals surface area (Å²) in [5.74, 6) is 0.330. The molecule has 90 valence electrons. The monoisotopic (exact) mass is 236 g/mol. The van der Waals surface area contributed by atoms with Gasteiger partial charge in [-0.25, -0.2) is 4.39 Å². The lowest BCUT2D eigenvalue weighted by Gasteiger charge is -2.05. The summed E-state index contributed by atoms with van der Waals surface area (Å²) in [5.41, 5.74) is 6.97. The van der Waals surface area contributed by atoms with Crippen LogP contribution in [0.25, 0.3) is 0 Å². The molecule has 0 amide bonds. The van der Waals surface area contributed by atoms with Crippen LogP contribution in [0.1, 0.15) is 17.0 Å². The van der Waals surface area contributed by atoms with Gasteiger partial charge in [-0.15, -0.1) is 0 Å². The summed E-state index contributed by atoms with van der Waals surface area (Å²) in [6.07, 6.45) is 0. The number of halogens is 1. The fourth-order valence-electron chi connectivity index (χ4n) is 1.39. The summed E-state index contributed by atoms with van der Waals surface area (Å²) < 4.78 is 23.6. The van der Waals surface area contributed by atoms with E-state index in [1.54, 1.807) is 18.2 Å². The van der Waals surface area contributed by atoms with E-state index in [1.165, 1.54) is 6.07 Å².